The molecule has 0 saturated carbocycles. The second-order valence-electron chi connectivity index (χ2n) is 5.34. The molecule has 1 aliphatic heterocycles. The monoisotopic (exact) mass is 387 g/mol. The smallest absolute Gasteiger partial charge is 0.290 e. The zero-order chi connectivity index (χ0) is 18.7. The minimum Gasteiger partial charge on any atom is -0.387 e. The van der Waals surface area contributed by atoms with Crippen LogP contribution in [-0.4, -0.2) is 24.1 Å². The van der Waals surface area contributed by atoms with Crippen molar-refractivity contribution in [3.63, 3.8) is 0 Å². The van der Waals surface area contributed by atoms with Crippen LogP contribution in [0.5, 0.6) is 0 Å². The van der Waals surface area contributed by atoms with E-state index < -0.39 is 11.1 Å². The lowest BCUT2D eigenvalue weighted by molar-refractivity contribution is -0.115. The number of amides is 3. The summed E-state index contributed by atoms with van der Waals surface area (Å²) in [6.07, 6.45) is 1.53. The third-order valence-electron chi connectivity index (χ3n) is 3.63. The third kappa shape index (κ3) is 3.89. The molecule has 0 aliphatic carbocycles. The first-order valence-corrected chi connectivity index (χ1v) is 8.80. The number of benzene rings is 2. The number of hydrogen-bond donors (Lipinski definition) is 3. The molecule has 0 atom stereocenters. The van der Waals surface area contributed by atoms with E-state index in [0.717, 1.165) is 11.8 Å². The summed E-state index contributed by atoms with van der Waals surface area (Å²) in [6.45, 7) is 0. The van der Waals surface area contributed by atoms with Gasteiger partial charge in [0.05, 0.1) is 15.6 Å². The fraction of sp³-hybridized carbons (Fsp3) is 0.0556. The molecule has 2 aromatic rings. The molecule has 0 spiro atoms. The van der Waals surface area contributed by atoms with Crippen molar-refractivity contribution in [2.75, 3.05) is 17.7 Å². The van der Waals surface area contributed by atoms with Crippen LogP contribution in [0.15, 0.2) is 47.4 Å². The number of halogens is 1. The van der Waals surface area contributed by atoms with Crippen molar-refractivity contribution in [1.82, 2.24) is 5.32 Å². The van der Waals surface area contributed by atoms with E-state index >= 15 is 0 Å². The van der Waals surface area contributed by atoms with Gasteiger partial charge in [0.2, 0.25) is 0 Å². The van der Waals surface area contributed by atoms with Gasteiger partial charge in [0.1, 0.15) is 0 Å². The van der Waals surface area contributed by atoms with Crippen LogP contribution in [0.3, 0.4) is 0 Å². The van der Waals surface area contributed by atoms with Gasteiger partial charge in [-0.05, 0) is 47.7 Å². The molecule has 8 heteroatoms. The second-order valence-corrected chi connectivity index (χ2v) is 6.76. The summed E-state index contributed by atoms with van der Waals surface area (Å²) in [5.74, 6) is -0.803. The fourth-order valence-electron chi connectivity index (χ4n) is 2.38. The van der Waals surface area contributed by atoms with E-state index in [0.29, 0.717) is 27.5 Å². The number of carbonyl (C=O) groups excluding carboxylic acids is 3. The highest BCUT2D eigenvalue weighted by Crippen LogP contribution is 2.28. The van der Waals surface area contributed by atoms with Gasteiger partial charge in [0.15, 0.2) is 0 Å². The number of carbonyl (C=O) groups is 3. The van der Waals surface area contributed by atoms with Crippen LogP contribution in [0.4, 0.5) is 16.2 Å². The second kappa shape index (κ2) is 7.63. The van der Waals surface area contributed by atoms with Crippen molar-refractivity contribution in [2.45, 2.75) is 0 Å². The standard InChI is InChI=1S/C18H14ClN3O3S/c1-20-14-9-11(6-7-13(14)19)21-16(23)12-5-3-2-4-10(12)8-15-17(24)22-18(25)26-15/h2-9,20H,1H3,(H,21,23)(H,22,24,25)/b15-8-. The Morgan fingerprint density at radius 2 is 1.96 bits per heavy atom. The minimum absolute atomic E-state index is 0.249. The summed E-state index contributed by atoms with van der Waals surface area (Å²) in [5.41, 5.74) is 2.20. The normalized spacial score (nSPS) is 15.1. The summed E-state index contributed by atoms with van der Waals surface area (Å²) in [7, 11) is 1.74. The Morgan fingerprint density at radius 3 is 2.65 bits per heavy atom. The molecule has 1 heterocycles. The summed E-state index contributed by atoms with van der Waals surface area (Å²) in [6, 6.07) is 11.9. The first-order valence-electron chi connectivity index (χ1n) is 7.60. The van der Waals surface area contributed by atoms with Gasteiger partial charge in [0, 0.05) is 18.3 Å². The summed E-state index contributed by atoms with van der Waals surface area (Å²) < 4.78 is 0. The molecule has 1 aliphatic rings. The number of rotatable bonds is 4. The van der Waals surface area contributed by atoms with Gasteiger partial charge in [-0.25, -0.2) is 0 Å². The largest absolute Gasteiger partial charge is 0.387 e. The molecular formula is C18H14ClN3O3S. The fourth-order valence-corrected chi connectivity index (χ4v) is 3.27. The van der Waals surface area contributed by atoms with E-state index in [1.165, 1.54) is 6.08 Å². The van der Waals surface area contributed by atoms with Gasteiger partial charge in [0.25, 0.3) is 17.1 Å². The summed E-state index contributed by atoms with van der Waals surface area (Å²) >= 11 is 6.85. The van der Waals surface area contributed by atoms with E-state index in [-0.39, 0.29) is 10.8 Å². The van der Waals surface area contributed by atoms with Crippen molar-refractivity contribution < 1.29 is 14.4 Å². The van der Waals surface area contributed by atoms with Gasteiger partial charge >= 0.3 is 0 Å². The van der Waals surface area contributed by atoms with E-state index in [1.807, 2.05) is 0 Å². The molecule has 0 aromatic heterocycles. The molecule has 3 amide bonds. The molecule has 6 nitrogen and oxygen atoms in total. The van der Waals surface area contributed by atoms with E-state index in [4.69, 9.17) is 11.6 Å². The summed E-state index contributed by atoms with van der Waals surface area (Å²) in [4.78, 5) is 35.9. The molecule has 0 bridgehead atoms. The predicted octanol–water partition coefficient (Wildman–Crippen LogP) is 3.96. The Bertz CT molecular complexity index is 943. The zero-order valence-electron chi connectivity index (χ0n) is 13.6. The molecule has 1 fully saturated rings. The quantitative estimate of drug-likeness (QED) is 0.691. The lowest BCUT2D eigenvalue weighted by Gasteiger charge is -2.10. The molecule has 2 aromatic carbocycles. The van der Waals surface area contributed by atoms with E-state index in [9.17, 15) is 14.4 Å². The van der Waals surface area contributed by atoms with Crippen LogP contribution in [0.2, 0.25) is 5.02 Å². The van der Waals surface area contributed by atoms with Gasteiger partial charge in [-0.1, -0.05) is 29.8 Å². The van der Waals surface area contributed by atoms with Gasteiger partial charge in [-0.3, -0.25) is 19.7 Å². The number of thioether (sulfide) groups is 1. The van der Waals surface area contributed by atoms with Crippen molar-refractivity contribution in [1.29, 1.82) is 0 Å². The first-order chi connectivity index (χ1) is 12.5. The van der Waals surface area contributed by atoms with Gasteiger partial charge < -0.3 is 10.6 Å². The van der Waals surface area contributed by atoms with Gasteiger partial charge in [-0.2, -0.15) is 0 Å². The highest BCUT2D eigenvalue weighted by molar-refractivity contribution is 8.18. The third-order valence-corrected chi connectivity index (χ3v) is 4.77. The Balaban J connectivity index is 1.88. The number of hydrogen-bond acceptors (Lipinski definition) is 5. The molecule has 3 N–H and O–H groups in total. The first kappa shape index (κ1) is 18.0. The number of imide groups is 1. The van der Waals surface area contributed by atoms with E-state index in [1.54, 1.807) is 49.5 Å². The van der Waals surface area contributed by atoms with Crippen LogP contribution in [0.25, 0.3) is 6.08 Å². The molecular weight excluding hydrogens is 374 g/mol. The molecule has 132 valence electrons. The topological polar surface area (TPSA) is 87.3 Å². The van der Waals surface area contributed by atoms with Gasteiger partial charge in [-0.15, -0.1) is 0 Å². The molecule has 0 unspecified atom stereocenters. The highest BCUT2D eigenvalue weighted by atomic mass is 35.5. The zero-order valence-corrected chi connectivity index (χ0v) is 15.2. The lowest BCUT2D eigenvalue weighted by atomic mass is 10.1. The van der Waals surface area contributed by atoms with Crippen molar-refractivity contribution in [3.05, 3.63) is 63.5 Å². The van der Waals surface area contributed by atoms with Crippen LogP contribution in [0, 0.1) is 0 Å². The maximum Gasteiger partial charge on any atom is 0.290 e. The Hall–Kier alpha value is -2.77. The SMILES string of the molecule is CNc1cc(NC(=O)c2ccccc2/C=C2\SC(=O)NC2=O)ccc1Cl. The van der Waals surface area contributed by atoms with Crippen LogP contribution in [-0.2, 0) is 4.79 Å². The van der Waals surface area contributed by atoms with Crippen LogP contribution < -0.4 is 16.0 Å². The maximum absolute atomic E-state index is 12.7. The maximum atomic E-state index is 12.7. The Kier molecular flexibility index (Phi) is 5.29. The Morgan fingerprint density at radius 1 is 1.19 bits per heavy atom. The average Bonchev–Trinajstić information content (AvgIpc) is 2.94. The average molecular weight is 388 g/mol. The van der Waals surface area contributed by atoms with Crippen LogP contribution in [0.1, 0.15) is 15.9 Å². The minimum atomic E-state index is -0.466. The molecule has 0 radical (unpaired) electrons. The summed E-state index contributed by atoms with van der Waals surface area (Å²) in [5, 5.41) is 8.06. The number of nitrogens with one attached hydrogen (secondary N) is 3. The van der Waals surface area contributed by atoms with E-state index in [2.05, 4.69) is 16.0 Å². The predicted molar refractivity (Wildman–Crippen MR) is 105 cm³/mol. The van der Waals surface area contributed by atoms with Crippen molar-refractivity contribution >= 4 is 57.9 Å². The molecule has 1 saturated heterocycles. The molecule has 3 rings (SSSR count). The lowest BCUT2D eigenvalue weighted by Crippen LogP contribution is -2.18. The highest BCUT2D eigenvalue weighted by Gasteiger charge is 2.25. The Labute approximate surface area is 159 Å². The molecule has 26 heavy (non-hydrogen) atoms. The van der Waals surface area contributed by atoms with Crippen LogP contribution >= 0.6 is 23.4 Å². The van der Waals surface area contributed by atoms with Crippen molar-refractivity contribution in [3.8, 4) is 0 Å². The van der Waals surface area contributed by atoms with Crippen molar-refractivity contribution in [2.24, 2.45) is 0 Å². The number of anilines is 2.